The van der Waals surface area contributed by atoms with Gasteiger partial charge in [-0.1, -0.05) is 25.3 Å². The second-order valence-corrected chi connectivity index (χ2v) is 3.02. The normalized spacial score (nSPS) is 10.1. The maximum absolute atomic E-state index is 11.0. The number of nitrogens with one attached hydrogen (secondary N) is 2. The Morgan fingerprint density at radius 3 is 3.07 bits per heavy atom. The lowest BCUT2D eigenvalue weighted by Gasteiger charge is -2.04. The third-order valence-electron chi connectivity index (χ3n) is 1.77. The molecule has 1 aromatic rings. The third kappa shape index (κ3) is 4.13. The molecule has 0 aliphatic rings. The minimum absolute atomic E-state index is 0.00204. The summed E-state index contributed by atoms with van der Waals surface area (Å²) >= 11 is 0. The fourth-order valence-corrected chi connectivity index (χ4v) is 1.05. The van der Waals surface area contributed by atoms with Gasteiger partial charge in [-0.25, -0.2) is 0 Å². The first kappa shape index (κ1) is 11.0. The molecule has 1 heterocycles. The van der Waals surface area contributed by atoms with Gasteiger partial charge in [0, 0.05) is 29.7 Å². The molecular formula is C12H14N2O. The fourth-order valence-electron chi connectivity index (χ4n) is 1.05. The van der Waals surface area contributed by atoms with Gasteiger partial charge in [0.2, 0.25) is 0 Å². The molecule has 78 valence electrons. The number of aromatic amines is 1. The van der Waals surface area contributed by atoms with E-state index in [1.807, 2.05) is 6.08 Å². The summed E-state index contributed by atoms with van der Waals surface area (Å²) in [6, 6.07) is 3.04. The van der Waals surface area contributed by atoms with Crippen molar-refractivity contribution in [3.05, 3.63) is 71.3 Å². The molecule has 0 unspecified atom stereocenters. The molecule has 0 bridgehead atoms. The van der Waals surface area contributed by atoms with Crippen molar-refractivity contribution in [3.8, 4) is 0 Å². The molecule has 3 nitrogen and oxygen atoms in total. The smallest absolute Gasteiger partial charge is 0.181 e. The fraction of sp³-hybridized carbons (Fsp3) is 0.0833. The average Bonchev–Trinajstić information content (AvgIpc) is 2.23. The van der Waals surface area contributed by atoms with E-state index in [9.17, 15) is 4.79 Å². The van der Waals surface area contributed by atoms with Crippen molar-refractivity contribution in [1.82, 2.24) is 10.3 Å². The van der Waals surface area contributed by atoms with Crippen LogP contribution < -0.4 is 10.7 Å². The van der Waals surface area contributed by atoms with Crippen molar-refractivity contribution >= 4 is 0 Å². The molecule has 2 N–H and O–H groups in total. The summed E-state index contributed by atoms with van der Waals surface area (Å²) in [4.78, 5) is 14.0. The predicted molar refractivity (Wildman–Crippen MR) is 62.4 cm³/mol. The molecule has 15 heavy (non-hydrogen) atoms. The van der Waals surface area contributed by atoms with Gasteiger partial charge < -0.3 is 10.3 Å². The molecule has 0 aliphatic carbocycles. The van der Waals surface area contributed by atoms with E-state index in [0.29, 0.717) is 6.54 Å². The lowest BCUT2D eigenvalue weighted by Crippen LogP contribution is -2.13. The Morgan fingerprint density at radius 2 is 2.40 bits per heavy atom. The van der Waals surface area contributed by atoms with Crippen LogP contribution in [0.3, 0.4) is 0 Å². The Kier molecular flexibility index (Phi) is 4.16. The second-order valence-electron chi connectivity index (χ2n) is 3.02. The number of rotatable bonds is 5. The first-order chi connectivity index (χ1) is 7.22. The molecule has 3 heteroatoms. The molecule has 0 atom stereocenters. The van der Waals surface area contributed by atoms with Gasteiger partial charge in [0.1, 0.15) is 0 Å². The van der Waals surface area contributed by atoms with E-state index < -0.39 is 0 Å². The highest BCUT2D eigenvalue weighted by Gasteiger charge is 1.92. The molecule has 0 amide bonds. The van der Waals surface area contributed by atoms with Gasteiger partial charge in [-0.05, 0) is 6.08 Å². The molecule has 1 rings (SSSR count). The first-order valence-corrected chi connectivity index (χ1v) is 4.62. The summed E-state index contributed by atoms with van der Waals surface area (Å²) in [7, 11) is 0. The Labute approximate surface area is 88.8 Å². The Balaban J connectivity index is 2.50. The summed E-state index contributed by atoms with van der Waals surface area (Å²) in [5.41, 5.74) is 1.60. The molecule has 0 aliphatic heterocycles. The molecule has 0 saturated heterocycles. The summed E-state index contributed by atoms with van der Waals surface area (Å²) in [5, 5.41) is 3.06. The topological polar surface area (TPSA) is 44.9 Å². The molecule has 0 spiro atoms. The minimum atomic E-state index is -0.00204. The van der Waals surface area contributed by atoms with Crippen molar-refractivity contribution in [2.45, 2.75) is 6.54 Å². The average molecular weight is 202 g/mol. The number of pyridine rings is 1. The van der Waals surface area contributed by atoms with Crippen LogP contribution in [0.15, 0.2) is 60.2 Å². The molecule has 0 fully saturated rings. The van der Waals surface area contributed by atoms with Gasteiger partial charge in [-0.15, -0.1) is 0 Å². The number of allylic oxidation sites excluding steroid dienone is 3. The molecule has 1 aromatic heterocycles. The van der Waals surface area contributed by atoms with Crippen LogP contribution in [0.25, 0.3) is 0 Å². The van der Waals surface area contributed by atoms with Gasteiger partial charge >= 0.3 is 0 Å². The zero-order chi connectivity index (χ0) is 11.1. The van der Waals surface area contributed by atoms with Crippen molar-refractivity contribution in [2.24, 2.45) is 0 Å². The minimum Gasteiger partial charge on any atom is -0.380 e. The zero-order valence-electron chi connectivity index (χ0n) is 8.49. The maximum Gasteiger partial charge on any atom is 0.181 e. The van der Waals surface area contributed by atoms with Crippen molar-refractivity contribution in [2.75, 3.05) is 0 Å². The maximum atomic E-state index is 11.0. The van der Waals surface area contributed by atoms with E-state index in [0.717, 1.165) is 11.4 Å². The second kappa shape index (κ2) is 5.65. The van der Waals surface area contributed by atoms with E-state index in [1.54, 1.807) is 24.4 Å². The van der Waals surface area contributed by atoms with Crippen LogP contribution in [0.1, 0.15) is 5.69 Å². The van der Waals surface area contributed by atoms with Crippen LogP contribution in [0.4, 0.5) is 0 Å². The standard InChI is InChI=1S/C12H14N2O/c1-3-4-5-10(2)14-9-11-8-12(15)6-7-13-11/h3-8,14H,1-2,9H2,(H,13,15)/b5-4-. The lowest BCUT2D eigenvalue weighted by atomic mass is 10.3. The number of hydrogen-bond donors (Lipinski definition) is 2. The molecular weight excluding hydrogens is 188 g/mol. The molecule has 0 saturated carbocycles. The first-order valence-electron chi connectivity index (χ1n) is 4.62. The van der Waals surface area contributed by atoms with Crippen molar-refractivity contribution in [3.63, 3.8) is 0 Å². The summed E-state index contributed by atoms with van der Waals surface area (Å²) in [5.74, 6) is 0. The van der Waals surface area contributed by atoms with Gasteiger partial charge in [-0.2, -0.15) is 0 Å². The van der Waals surface area contributed by atoms with Crippen LogP contribution in [0.2, 0.25) is 0 Å². The van der Waals surface area contributed by atoms with Gasteiger partial charge in [0.25, 0.3) is 0 Å². The highest BCUT2D eigenvalue weighted by atomic mass is 16.1. The summed E-state index contributed by atoms with van der Waals surface area (Å²) < 4.78 is 0. The van der Waals surface area contributed by atoms with Crippen LogP contribution in [-0.2, 0) is 6.54 Å². The highest BCUT2D eigenvalue weighted by Crippen LogP contribution is 1.93. The third-order valence-corrected chi connectivity index (χ3v) is 1.77. The monoisotopic (exact) mass is 202 g/mol. The zero-order valence-corrected chi connectivity index (χ0v) is 8.49. The van der Waals surface area contributed by atoms with Gasteiger partial charge in [-0.3, -0.25) is 4.79 Å². The van der Waals surface area contributed by atoms with E-state index in [2.05, 4.69) is 23.5 Å². The van der Waals surface area contributed by atoms with Gasteiger partial charge in [0.15, 0.2) is 5.43 Å². The van der Waals surface area contributed by atoms with Crippen LogP contribution >= 0.6 is 0 Å². The van der Waals surface area contributed by atoms with Crippen LogP contribution in [0, 0.1) is 0 Å². The number of H-pyrrole nitrogens is 1. The Morgan fingerprint density at radius 1 is 1.60 bits per heavy atom. The van der Waals surface area contributed by atoms with Crippen molar-refractivity contribution < 1.29 is 0 Å². The Hall–Kier alpha value is -2.03. The molecule has 0 aromatic carbocycles. The summed E-state index contributed by atoms with van der Waals surface area (Å²) in [6.07, 6.45) is 6.91. The Bertz CT molecular complexity index is 429. The summed E-state index contributed by atoms with van der Waals surface area (Å²) in [6.45, 7) is 7.90. The van der Waals surface area contributed by atoms with E-state index in [4.69, 9.17) is 0 Å². The highest BCUT2D eigenvalue weighted by molar-refractivity contribution is 5.17. The number of hydrogen-bond acceptors (Lipinski definition) is 2. The lowest BCUT2D eigenvalue weighted by molar-refractivity contribution is 0.807. The van der Waals surface area contributed by atoms with E-state index in [1.165, 1.54) is 6.07 Å². The SMILES string of the molecule is C=C/C=C\C(=C)NCc1cc(=O)cc[nH]1. The number of aromatic nitrogens is 1. The molecule has 0 radical (unpaired) electrons. The quantitative estimate of drug-likeness (QED) is 0.714. The van der Waals surface area contributed by atoms with E-state index in [-0.39, 0.29) is 5.43 Å². The van der Waals surface area contributed by atoms with Crippen LogP contribution in [0.5, 0.6) is 0 Å². The largest absolute Gasteiger partial charge is 0.380 e. The van der Waals surface area contributed by atoms with Crippen LogP contribution in [-0.4, -0.2) is 4.98 Å². The van der Waals surface area contributed by atoms with Gasteiger partial charge in [0.05, 0.1) is 6.54 Å². The van der Waals surface area contributed by atoms with E-state index >= 15 is 0 Å². The predicted octanol–water partition coefficient (Wildman–Crippen LogP) is 1.72. The van der Waals surface area contributed by atoms with Crippen molar-refractivity contribution in [1.29, 1.82) is 0 Å².